The van der Waals surface area contributed by atoms with Crippen molar-refractivity contribution in [2.75, 3.05) is 0 Å². The van der Waals surface area contributed by atoms with E-state index in [2.05, 4.69) is 262 Å². The molecule has 0 fully saturated rings. The maximum atomic E-state index is 2.59. The van der Waals surface area contributed by atoms with Gasteiger partial charge in [-0.15, -0.1) is 0 Å². The van der Waals surface area contributed by atoms with Crippen LogP contribution in [-0.2, 0) is 10.8 Å². The van der Waals surface area contributed by atoms with Crippen molar-refractivity contribution >= 4 is 108 Å². The zero-order valence-corrected chi connectivity index (χ0v) is 46.6. The van der Waals surface area contributed by atoms with Crippen LogP contribution in [0.5, 0.6) is 0 Å². The molecule has 1 aliphatic rings. The number of benzene rings is 14. The van der Waals surface area contributed by atoms with Gasteiger partial charge in [-0.25, -0.2) is 0 Å². The molecule has 0 heterocycles. The van der Waals surface area contributed by atoms with Gasteiger partial charge in [0.05, 0.1) is 0 Å². The topological polar surface area (TPSA) is 0 Å². The van der Waals surface area contributed by atoms with E-state index in [0.29, 0.717) is 0 Å². The molecule has 0 spiro atoms. The molecule has 0 unspecified atom stereocenters. The third kappa shape index (κ3) is 5.96. The number of hydrogen-bond acceptors (Lipinski definition) is 0. The van der Waals surface area contributed by atoms with Crippen LogP contribution >= 0.6 is 0 Å². The van der Waals surface area contributed by atoms with Crippen LogP contribution in [0.3, 0.4) is 0 Å². The Morgan fingerprint density at radius 1 is 0.212 bits per heavy atom. The van der Waals surface area contributed by atoms with Crippen LogP contribution in [0.2, 0.25) is 0 Å². The van der Waals surface area contributed by atoms with E-state index in [1.807, 2.05) is 0 Å². The maximum Gasteiger partial charge on any atom is -0.000730 e. The maximum absolute atomic E-state index is 2.59. The minimum atomic E-state index is -0.000587. The van der Waals surface area contributed by atoms with Gasteiger partial charge >= 0.3 is 0 Å². The Balaban J connectivity index is 0.984. The summed E-state index contributed by atoms with van der Waals surface area (Å²) in [4.78, 5) is 0. The smallest absolute Gasteiger partial charge is 0.000730 e. The number of hydrogen-bond donors (Lipinski definition) is 0. The van der Waals surface area contributed by atoms with Crippen molar-refractivity contribution in [3.8, 4) is 66.8 Å². The molecule has 1 aliphatic carbocycles. The molecule has 0 heteroatoms. The molecule has 80 heavy (non-hydrogen) atoms. The third-order valence-corrected chi connectivity index (χ3v) is 19.0. The van der Waals surface area contributed by atoms with E-state index in [1.54, 1.807) is 0 Å². The Labute approximate surface area is 466 Å². The highest BCUT2D eigenvalue weighted by molar-refractivity contribution is 6.47. The Hall–Kier alpha value is -9.10. The summed E-state index contributed by atoms with van der Waals surface area (Å²) in [7, 11) is 0. The molecule has 0 saturated carbocycles. The molecule has 0 aliphatic heterocycles. The van der Waals surface area contributed by atoms with Gasteiger partial charge in [0, 0.05) is 0 Å². The highest BCUT2D eigenvalue weighted by Crippen LogP contribution is 2.58. The quantitative estimate of drug-likeness (QED) is 0.122. The second-order valence-corrected chi connectivity index (χ2v) is 25.5. The zero-order chi connectivity index (χ0) is 53.8. The summed E-state index contributed by atoms with van der Waals surface area (Å²) in [5.74, 6) is 0. The van der Waals surface area contributed by atoms with E-state index in [9.17, 15) is 0 Å². The standard InChI is InChI=1S/C80H58/c1-43-18-9-11-20-46(43)71-66-41-64-53-25-17-24-52-49(51-23-14-16-27-69(51)80(6,7)8)30-31-59(70(52)53)65(64)42-67(66)72(47-21-12-10-19-44(47)2)78-62-38-36-57-55-33-32-54-50-29-28-45(48-22-13-15-26-68(48)79(3,4)5)40-63(50)60-35-34-56(74(55)73(54)60)58-37-39-61(77(71)78)76(62)75(57)58/h9-42H,1-8H3. The summed E-state index contributed by atoms with van der Waals surface area (Å²) < 4.78 is 0. The minimum Gasteiger partial charge on any atom is -0.0620 e. The van der Waals surface area contributed by atoms with Gasteiger partial charge in [-0.2, -0.15) is 0 Å². The summed E-state index contributed by atoms with van der Waals surface area (Å²) in [6, 6.07) is 80.2. The Morgan fingerprint density at radius 3 is 1.18 bits per heavy atom. The molecule has 0 aromatic heterocycles. The lowest BCUT2D eigenvalue weighted by molar-refractivity contribution is 0.592. The van der Waals surface area contributed by atoms with Crippen molar-refractivity contribution in [3.63, 3.8) is 0 Å². The summed E-state index contributed by atoms with van der Waals surface area (Å²) in [6.07, 6.45) is 0. The largest absolute Gasteiger partial charge is 0.0620 e. The molecular weight excluding hydrogens is 961 g/mol. The van der Waals surface area contributed by atoms with Gasteiger partial charge in [0.2, 0.25) is 0 Å². The van der Waals surface area contributed by atoms with E-state index in [4.69, 9.17) is 0 Å². The molecule has 0 saturated heterocycles. The molecule has 0 nitrogen and oxygen atoms in total. The fraction of sp³-hybridized carbons (Fsp3) is 0.125. The molecule has 0 bridgehead atoms. The van der Waals surface area contributed by atoms with Crippen molar-refractivity contribution < 1.29 is 0 Å². The Morgan fingerprint density at radius 2 is 0.613 bits per heavy atom. The lowest BCUT2D eigenvalue weighted by Crippen LogP contribution is -2.12. The minimum absolute atomic E-state index is 0.000587. The number of rotatable bonds is 4. The van der Waals surface area contributed by atoms with Crippen LogP contribution in [0.1, 0.15) is 63.8 Å². The monoisotopic (exact) mass is 1020 g/mol. The van der Waals surface area contributed by atoms with E-state index >= 15 is 0 Å². The fourth-order valence-electron chi connectivity index (χ4n) is 15.6. The van der Waals surface area contributed by atoms with Crippen LogP contribution in [0, 0.1) is 13.8 Å². The van der Waals surface area contributed by atoms with E-state index in [-0.39, 0.29) is 10.8 Å². The Kier molecular flexibility index (Phi) is 9.06. The van der Waals surface area contributed by atoms with Crippen molar-refractivity contribution in [1.82, 2.24) is 0 Å². The second kappa shape index (κ2) is 15.8. The molecule has 0 amide bonds. The zero-order valence-electron chi connectivity index (χ0n) is 46.6. The van der Waals surface area contributed by atoms with Crippen LogP contribution in [0.15, 0.2) is 206 Å². The highest BCUT2D eigenvalue weighted by atomic mass is 14.3. The second-order valence-electron chi connectivity index (χ2n) is 25.5. The summed E-state index contributed by atoms with van der Waals surface area (Å²) >= 11 is 0. The molecule has 16 aromatic rings. The van der Waals surface area contributed by atoms with Crippen molar-refractivity contribution in [3.05, 3.63) is 229 Å². The number of fused-ring (bicyclic) bond motifs is 12. The van der Waals surface area contributed by atoms with E-state index in [1.165, 1.54) is 197 Å². The average molecular weight is 1020 g/mol. The van der Waals surface area contributed by atoms with Gasteiger partial charge in [-0.05, 0) is 240 Å². The van der Waals surface area contributed by atoms with Gasteiger partial charge in [-0.1, -0.05) is 230 Å². The van der Waals surface area contributed by atoms with Crippen LogP contribution in [0.25, 0.3) is 174 Å². The first-order valence-corrected chi connectivity index (χ1v) is 28.7. The van der Waals surface area contributed by atoms with E-state index < -0.39 is 0 Å². The molecular formula is C80H58. The highest BCUT2D eigenvalue weighted by Gasteiger charge is 2.31. The van der Waals surface area contributed by atoms with Gasteiger partial charge in [0.1, 0.15) is 0 Å². The molecule has 0 radical (unpaired) electrons. The molecule has 378 valence electrons. The van der Waals surface area contributed by atoms with Crippen LogP contribution in [0.4, 0.5) is 0 Å². The molecule has 16 aromatic carbocycles. The first-order chi connectivity index (χ1) is 38.8. The molecule has 0 N–H and O–H groups in total. The normalized spacial score (nSPS) is 13.0. The Bertz CT molecular complexity index is 5200. The van der Waals surface area contributed by atoms with Gasteiger partial charge in [-0.3, -0.25) is 0 Å². The van der Waals surface area contributed by atoms with Gasteiger partial charge < -0.3 is 0 Å². The number of aryl methyl sites for hydroxylation is 2. The van der Waals surface area contributed by atoms with Crippen LogP contribution in [-0.4, -0.2) is 0 Å². The third-order valence-electron chi connectivity index (χ3n) is 19.0. The van der Waals surface area contributed by atoms with Gasteiger partial charge in [0.25, 0.3) is 0 Å². The first kappa shape index (κ1) is 45.9. The van der Waals surface area contributed by atoms with E-state index in [0.717, 1.165) is 0 Å². The first-order valence-electron chi connectivity index (χ1n) is 28.7. The summed E-state index contributed by atoms with van der Waals surface area (Å²) in [6.45, 7) is 18.6. The predicted octanol–water partition coefficient (Wildman–Crippen LogP) is 23.1. The summed E-state index contributed by atoms with van der Waals surface area (Å²) in [5.41, 5.74) is 21.1. The molecule has 0 atom stereocenters. The lowest BCUT2D eigenvalue weighted by atomic mass is 9.81. The van der Waals surface area contributed by atoms with Crippen molar-refractivity contribution in [2.24, 2.45) is 0 Å². The lowest BCUT2D eigenvalue weighted by Gasteiger charge is -2.23. The summed E-state index contributed by atoms with van der Waals surface area (Å²) in [5, 5.41) is 26.7. The van der Waals surface area contributed by atoms with Crippen LogP contribution < -0.4 is 0 Å². The molecule has 17 rings (SSSR count). The predicted molar refractivity (Wildman–Crippen MR) is 348 cm³/mol. The fourth-order valence-corrected chi connectivity index (χ4v) is 15.6. The van der Waals surface area contributed by atoms with Gasteiger partial charge in [0.15, 0.2) is 0 Å². The van der Waals surface area contributed by atoms with Crippen molar-refractivity contribution in [2.45, 2.75) is 66.2 Å². The average Bonchev–Trinajstić information content (AvgIpc) is 2.96. The SMILES string of the molecule is Cc1ccccc1-c1c2cc3c(cc2c(-c2ccccc2C)c2c4ccc5c6ccc7c8c(ccc(c9ccc(c12)c4c95)c86)-c1cc(-c2ccccc2C(C)(C)C)ccc1-7)c1ccc(-c2ccccc2C(C)(C)C)c2cccc3c21. The van der Waals surface area contributed by atoms with Crippen molar-refractivity contribution in [1.29, 1.82) is 0 Å².